The molecule has 8 nitrogen and oxygen atoms in total. The molecule has 1 atom stereocenters. The molecule has 0 aliphatic rings. The molecule has 0 spiro atoms. The van der Waals surface area contributed by atoms with Gasteiger partial charge in [0.05, 0.1) is 17.7 Å². The van der Waals surface area contributed by atoms with E-state index in [2.05, 4.69) is 15.8 Å². The maximum atomic E-state index is 14.3. The summed E-state index contributed by atoms with van der Waals surface area (Å²) in [5.41, 5.74) is 2.76. The predicted octanol–water partition coefficient (Wildman–Crippen LogP) is 1.12. The van der Waals surface area contributed by atoms with E-state index in [4.69, 9.17) is 22.2 Å². The van der Waals surface area contributed by atoms with Crippen molar-refractivity contribution in [2.45, 2.75) is 6.10 Å². The van der Waals surface area contributed by atoms with Gasteiger partial charge < -0.3 is 19.9 Å². The number of rotatable bonds is 7. The SMILES string of the molecule is [B]c1cncc2c(Nc3ccc(I)cc3F)c(C(=O)NOC[C@H](O)CO)oc12. The summed E-state index contributed by atoms with van der Waals surface area (Å²) in [6.07, 6.45) is 1.63. The minimum Gasteiger partial charge on any atom is -0.449 e. The molecule has 0 fully saturated rings. The molecule has 2 heterocycles. The van der Waals surface area contributed by atoms with Crippen molar-refractivity contribution in [1.29, 1.82) is 0 Å². The van der Waals surface area contributed by atoms with Crippen molar-refractivity contribution in [1.82, 2.24) is 10.5 Å². The van der Waals surface area contributed by atoms with Crippen molar-refractivity contribution in [2.24, 2.45) is 0 Å². The monoisotopic (exact) mass is 497 g/mol. The molecule has 2 radical (unpaired) electrons. The second-order valence-corrected chi connectivity index (χ2v) is 6.98. The first-order valence-corrected chi connectivity index (χ1v) is 9.07. The fourth-order valence-corrected chi connectivity index (χ4v) is 2.80. The molecular formula is C17H14BFIN3O5. The van der Waals surface area contributed by atoms with Crippen LogP contribution in [-0.2, 0) is 4.84 Å². The van der Waals surface area contributed by atoms with Crippen LogP contribution in [0.4, 0.5) is 15.8 Å². The number of fused-ring (bicyclic) bond motifs is 1. The summed E-state index contributed by atoms with van der Waals surface area (Å²) in [5.74, 6) is -1.54. The van der Waals surface area contributed by atoms with E-state index < -0.39 is 24.4 Å². The Labute approximate surface area is 173 Å². The summed E-state index contributed by atoms with van der Waals surface area (Å²) >= 11 is 1.98. The zero-order valence-electron chi connectivity index (χ0n) is 14.3. The molecule has 1 aromatic carbocycles. The second kappa shape index (κ2) is 8.86. The van der Waals surface area contributed by atoms with Gasteiger partial charge in [0.2, 0.25) is 5.76 Å². The Bertz CT molecular complexity index is 1020. The van der Waals surface area contributed by atoms with Crippen LogP contribution in [0.15, 0.2) is 35.0 Å². The Morgan fingerprint density at radius 3 is 2.93 bits per heavy atom. The lowest BCUT2D eigenvalue weighted by molar-refractivity contribution is -0.0302. The van der Waals surface area contributed by atoms with Gasteiger partial charge in [-0.2, -0.15) is 0 Å². The van der Waals surface area contributed by atoms with Crippen LogP contribution in [0.2, 0.25) is 0 Å². The summed E-state index contributed by atoms with van der Waals surface area (Å²) in [6, 6.07) is 4.54. The van der Waals surface area contributed by atoms with Crippen molar-refractivity contribution < 1.29 is 28.7 Å². The van der Waals surface area contributed by atoms with E-state index in [9.17, 15) is 14.3 Å². The van der Waals surface area contributed by atoms with Crippen LogP contribution in [0, 0.1) is 9.39 Å². The fourth-order valence-electron chi connectivity index (χ4n) is 2.34. The van der Waals surface area contributed by atoms with Crippen LogP contribution in [0.25, 0.3) is 11.0 Å². The van der Waals surface area contributed by atoms with Crippen LogP contribution < -0.4 is 16.3 Å². The summed E-state index contributed by atoms with van der Waals surface area (Å²) < 4.78 is 20.5. The number of nitrogens with one attached hydrogen (secondary N) is 2. The molecule has 0 aliphatic carbocycles. The molecule has 0 bridgehead atoms. The third-order valence-electron chi connectivity index (χ3n) is 3.67. The van der Waals surface area contributed by atoms with Crippen LogP contribution in [0.5, 0.6) is 0 Å². The first kappa shape index (κ1) is 20.5. The van der Waals surface area contributed by atoms with Crippen LogP contribution in [0.3, 0.4) is 0 Å². The van der Waals surface area contributed by atoms with Crippen molar-refractivity contribution in [3.05, 3.63) is 45.7 Å². The van der Waals surface area contributed by atoms with E-state index in [1.54, 1.807) is 6.07 Å². The van der Waals surface area contributed by atoms with Crippen molar-refractivity contribution in [3.63, 3.8) is 0 Å². The number of carbonyl (C=O) groups excluding carboxylic acids is 1. The highest BCUT2D eigenvalue weighted by atomic mass is 127. The number of aliphatic hydroxyl groups excluding tert-OH is 2. The van der Waals surface area contributed by atoms with Gasteiger partial charge in [-0.15, -0.1) is 0 Å². The molecule has 3 rings (SSSR count). The number of pyridine rings is 1. The zero-order chi connectivity index (χ0) is 20.3. The van der Waals surface area contributed by atoms with Gasteiger partial charge in [0.15, 0.2) is 0 Å². The van der Waals surface area contributed by atoms with Gasteiger partial charge in [-0.1, -0.05) is 0 Å². The molecule has 0 aliphatic heterocycles. The molecule has 144 valence electrons. The number of aromatic nitrogens is 1. The highest BCUT2D eigenvalue weighted by Gasteiger charge is 2.23. The van der Waals surface area contributed by atoms with Gasteiger partial charge in [-0.3, -0.25) is 14.6 Å². The number of hydrogen-bond donors (Lipinski definition) is 4. The predicted molar refractivity (Wildman–Crippen MR) is 108 cm³/mol. The lowest BCUT2D eigenvalue weighted by Gasteiger charge is -2.10. The van der Waals surface area contributed by atoms with E-state index in [1.807, 2.05) is 22.6 Å². The normalized spacial score (nSPS) is 12.1. The van der Waals surface area contributed by atoms with Gasteiger partial charge in [-0.05, 0) is 46.3 Å². The van der Waals surface area contributed by atoms with Crippen LogP contribution in [-0.4, -0.2) is 48.3 Å². The number of halogens is 2. The maximum Gasteiger partial charge on any atom is 0.312 e. The van der Waals surface area contributed by atoms with E-state index in [0.717, 1.165) is 0 Å². The lowest BCUT2D eigenvalue weighted by Crippen LogP contribution is -2.30. The second-order valence-electron chi connectivity index (χ2n) is 5.74. The van der Waals surface area contributed by atoms with Gasteiger partial charge in [0.1, 0.15) is 37.6 Å². The highest BCUT2D eigenvalue weighted by molar-refractivity contribution is 14.1. The number of hydroxylamine groups is 1. The molecule has 3 aromatic rings. The molecule has 0 saturated carbocycles. The first-order chi connectivity index (χ1) is 13.4. The smallest absolute Gasteiger partial charge is 0.312 e. The van der Waals surface area contributed by atoms with E-state index in [1.165, 1.54) is 24.5 Å². The summed E-state index contributed by atoms with van der Waals surface area (Å²) in [5, 5.41) is 21.2. The Hall–Kier alpha value is -2.22. The minimum atomic E-state index is -1.16. The van der Waals surface area contributed by atoms with Crippen LogP contribution in [0.1, 0.15) is 10.6 Å². The summed E-state index contributed by atoms with van der Waals surface area (Å²) in [4.78, 5) is 21.3. The Balaban J connectivity index is 1.96. The number of carbonyl (C=O) groups is 1. The maximum absolute atomic E-state index is 14.3. The van der Waals surface area contributed by atoms with E-state index in [0.29, 0.717) is 8.96 Å². The topological polar surface area (TPSA) is 117 Å². The zero-order valence-corrected chi connectivity index (χ0v) is 16.4. The largest absolute Gasteiger partial charge is 0.449 e. The highest BCUT2D eigenvalue weighted by Crippen LogP contribution is 2.33. The van der Waals surface area contributed by atoms with Crippen molar-refractivity contribution >= 4 is 64.2 Å². The molecule has 28 heavy (non-hydrogen) atoms. The van der Waals surface area contributed by atoms with E-state index in [-0.39, 0.29) is 34.8 Å². The van der Waals surface area contributed by atoms with Gasteiger partial charge in [0, 0.05) is 16.0 Å². The van der Waals surface area contributed by atoms with Gasteiger partial charge in [0.25, 0.3) is 0 Å². The van der Waals surface area contributed by atoms with E-state index >= 15 is 0 Å². The van der Waals surface area contributed by atoms with Gasteiger partial charge >= 0.3 is 5.91 Å². The molecule has 4 N–H and O–H groups in total. The molecular weight excluding hydrogens is 483 g/mol. The number of benzene rings is 1. The van der Waals surface area contributed by atoms with Crippen molar-refractivity contribution in [3.8, 4) is 0 Å². The number of nitrogens with zero attached hydrogens (tertiary/aromatic N) is 1. The lowest BCUT2D eigenvalue weighted by atomic mass is 9.97. The van der Waals surface area contributed by atoms with Crippen LogP contribution >= 0.6 is 22.6 Å². The molecule has 0 unspecified atom stereocenters. The number of amides is 1. The number of aliphatic hydroxyl groups is 2. The average molecular weight is 497 g/mol. The number of hydrogen-bond acceptors (Lipinski definition) is 7. The average Bonchev–Trinajstić information content (AvgIpc) is 3.03. The standard InChI is InChI=1S/C17H14BFIN3O5/c18-11-5-21-4-10-14(22-13-2-1-8(20)3-12(13)19)16(28-15(10)11)17(26)23-27-7-9(25)6-24/h1-5,9,22,24-25H,6-7H2,(H,23,26)/t9-/m1/s1. The number of anilines is 2. The summed E-state index contributed by atoms with van der Waals surface area (Å²) in [7, 11) is 5.86. The quantitative estimate of drug-likeness (QED) is 0.220. The molecule has 0 saturated heterocycles. The fraction of sp³-hybridized carbons (Fsp3) is 0.176. The molecule has 11 heteroatoms. The first-order valence-electron chi connectivity index (χ1n) is 7.99. The Kier molecular flexibility index (Phi) is 6.49. The Morgan fingerprint density at radius 1 is 1.43 bits per heavy atom. The molecule has 2 aromatic heterocycles. The number of furan rings is 1. The third-order valence-corrected chi connectivity index (χ3v) is 4.34. The van der Waals surface area contributed by atoms with Crippen molar-refractivity contribution in [2.75, 3.05) is 18.5 Å². The summed E-state index contributed by atoms with van der Waals surface area (Å²) in [6.45, 7) is -0.859. The Morgan fingerprint density at radius 2 is 2.21 bits per heavy atom. The minimum absolute atomic E-state index is 0.121. The third kappa shape index (κ3) is 4.43. The van der Waals surface area contributed by atoms with Gasteiger partial charge in [-0.25, -0.2) is 9.87 Å². The molecule has 1 amide bonds.